The average molecular weight is 350 g/mol. The average Bonchev–Trinajstić information content (AvgIpc) is 3.01. The van der Waals surface area contributed by atoms with Crippen molar-refractivity contribution < 1.29 is 19.1 Å². The van der Waals surface area contributed by atoms with Crippen LogP contribution in [0.2, 0.25) is 5.02 Å². The van der Waals surface area contributed by atoms with Crippen LogP contribution in [0.25, 0.3) is 0 Å². The zero-order chi connectivity index (χ0) is 17.5. The molecule has 1 heterocycles. The molecule has 2 rings (SSSR count). The van der Waals surface area contributed by atoms with Gasteiger partial charge in [-0.3, -0.25) is 14.4 Å². The van der Waals surface area contributed by atoms with Crippen LogP contribution in [0, 0.1) is 0 Å². The number of carbonyl (C=O) groups is 3. The first kappa shape index (κ1) is 17.6. The molecular weight excluding hydrogens is 334 g/mol. The molecule has 24 heavy (non-hydrogen) atoms. The predicted molar refractivity (Wildman–Crippen MR) is 89.2 cm³/mol. The summed E-state index contributed by atoms with van der Waals surface area (Å²) in [6.45, 7) is 0.192. The highest BCUT2D eigenvalue weighted by atomic mass is 35.5. The van der Waals surface area contributed by atoms with Crippen molar-refractivity contribution >= 4 is 35.1 Å². The van der Waals surface area contributed by atoms with Crippen LogP contribution in [0.4, 0.5) is 5.69 Å². The molecule has 0 bridgehead atoms. The molecule has 8 heteroatoms. The van der Waals surface area contributed by atoms with Gasteiger partial charge in [-0.2, -0.15) is 0 Å². The second-order valence-corrected chi connectivity index (χ2v) is 5.28. The number of carbonyl (C=O) groups excluding carboxylic acids is 3. The van der Waals surface area contributed by atoms with E-state index in [0.29, 0.717) is 22.0 Å². The van der Waals surface area contributed by atoms with Gasteiger partial charge >= 0.3 is 5.97 Å². The summed E-state index contributed by atoms with van der Waals surface area (Å²) >= 11 is 5.75. The number of aromatic nitrogens is 1. The largest absolute Gasteiger partial charge is 0.469 e. The number of methoxy groups -OCH3 is 1. The Bertz CT molecular complexity index is 740. The minimum atomic E-state index is -0.391. The van der Waals surface area contributed by atoms with Crippen molar-refractivity contribution in [2.75, 3.05) is 19.0 Å². The molecule has 0 saturated heterocycles. The quantitative estimate of drug-likeness (QED) is 0.696. The molecule has 0 spiro atoms. The van der Waals surface area contributed by atoms with Gasteiger partial charge in [0.05, 0.1) is 18.6 Å². The number of aromatic amines is 1. The number of halogens is 1. The van der Waals surface area contributed by atoms with Crippen molar-refractivity contribution in [2.24, 2.45) is 0 Å². The number of nitrogens with one attached hydrogen (secondary N) is 3. The fraction of sp³-hybridized carbons (Fsp3) is 0.188. The van der Waals surface area contributed by atoms with Crippen molar-refractivity contribution in [1.82, 2.24) is 10.3 Å². The van der Waals surface area contributed by atoms with Crippen molar-refractivity contribution in [3.8, 4) is 0 Å². The monoisotopic (exact) mass is 349 g/mol. The summed E-state index contributed by atoms with van der Waals surface area (Å²) in [7, 11) is 1.29. The van der Waals surface area contributed by atoms with Gasteiger partial charge in [0.1, 0.15) is 5.69 Å². The number of anilines is 1. The molecule has 0 saturated carbocycles. The van der Waals surface area contributed by atoms with Crippen LogP contribution < -0.4 is 10.6 Å². The molecule has 3 N–H and O–H groups in total. The lowest BCUT2D eigenvalue weighted by atomic mass is 10.2. The zero-order valence-corrected chi connectivity index (χ0v) is 13.6. The van der Waals surface area contributed by atoms with E-state index in [4.69, 9.17) is 11.6 Å². The highest BCUT2D eigenvalue weighted by molar-refractivity contribution is 6.31. The topological polar surface area (TPSA) is 100 Å². The van der Waals surface area contributed by atoms with Gasteiger partial charge in [0.25, 0.3) is 11.8 Å². The fourth-order valence-electron chi connectivity index (χ4n) is 1.88. The Morgan fingerprint density at radius 1 is 1.17 bits per heavy atom. The summed E-state index contributed by atoms with van der Waals surface area (Å²) in [6.07, 6.45) is 1.62. The van der Waals surface area contributed by atoms with Gasteiger partial charge in [0.2, 0.25) is 0 Å². The molecule has 1 aromatic heterocycles. The number of hydrogen-bond acceptors (Lipinski definition) is 4. The van der Waals surface area contributed by atoms with Gasteiger partial charge in [0.15, 0.2) is 0 Å². The van der Waals surface area contributed by atoms with Gasteiger partial charge in [-0.05, 0) is 30.3 Å². The smallest absolute Gasteiger partial charge is 0.307 e. The molecule has 0 unspecified atom stereocenters. The third kappa shape index (κ3) is 4.85. The first-order chi connectivity index (χ1) is 11.5. The summed E-state index contributed by atoms with van der Waals surface area (Å²) in [5.41, 5.74) is 1.29. The molecule has 2 aromatic rings. The van der Waals surface area contributed by atoms with E-state index >= 15 is 0 Å². The Kier molecular flexibility index (Phi) is 5.97. The summed E-state index contributed by atoms with van der Waals surface area (Å²) in [5.74, 6) is -1.04. The van der Waals surface area contributed by atoms with Crippen LogP contribution in [0.1, 0.15) is 27.3 Å². The third-order valence-corrected chi connectivity index (χ3v) is 3.36. The van der Waals surface area contributed by atoms with E-state index < -0.39 is 5.97 Å². The Labute approximate surface area is 143 Å². The van der Waals surface area contributed by atoms with Crippen LogP contribution in [-0.2, 0) is 9.53 Å². The second kappa shape index (κ2) is 8.16. The minimum absolute atomic E-state index is 0.106. The third-order valence-electron chi connectivity index (χ3n) is 3.14. The maximum atomic E-state index is 12.0. The van der Waals surface area contributed by atoms with Gasteiger partial charge < -0.3 is 20.4 Å². The molecule has 0 radical (unpaired) electrons. The minimum Gasteiger partial charge on any atom is -0.469 e. The Hall–Kier alpha value is -2.80. The number of amides is 2. The molecule has 0 fully saturated rings. The predicted octanol–water partition coefficient (Wildman–Crippen LogP) is 2.21. The molecule has 7 nitrogen and oxygen atoms in total. The maximum Gasteiger partial charge on any atom is 0.307 e. The van der Waals surface area contributed by atoms with Gasteiger partial charge in [-0.25, -0.2) is 0 Å². The number of benzene rings is 1. The van der Waals surface area contributed by atoms with E-state index in [2.05, 4.69) is 20.4 Å². The lowest BCUT2D eigenvalue weighted by Crippen LogP contribution is -2.26. The first-order valence-corrected chi connectivity index (χ1v) is 7.47. The molecule has 2 amide bonds. The summed E-state index contributed by atoms with van der Waals surface area (Å²) in [6, 6.07) is 7.88. The SMILES string of the molecule is COC(=O)CCNC(=O)c1ccc(NC(=O)c2cc(Cl)c[nH]2)cc1. The van der Waals surface area contributed by atoms with Gasteiger partial charge in [0, 0.05) is 24.0 Å². The van der Waals surface area contributed by atoms with Crippen molar-refractivity contribution in [2.45, 2.75) is 6.42 Å². The van der Waals surface area contributed by atoms with E-state index in [1.54, 1.807) is 24.3 Å². The van der Waals surface area contributed by atoms with Gasteiger partial charge in [-0.15, -0.1) is 0 Å². The van der Waals surface area contributed by atoms with Crippen LogP contribution in [0.15, 0.2) is 36.5 Å². The summed E-state index contributed by atoms with van der Waals surface area (Å²) < 4.78 is 4.49. The molecule has 126 valence electrons. The highest BCUT2D eigenvalue weighted by Gasteiger charge is 2.10. The highest BCUT2D eigenvalue weighted by Crippen LogP contribution is 2.13. The number of H-pyrrole nitrogens is 1. The van der Waals surface area contributed by atoms with E-state index in [1.165, 1.54) is 19.4 Å². The van der Waals surface area contributed by atoms with E-state index in [0.717, 1.165) is 0 Å². The molecule has 0 atom stereocenters. The number of hydrogen-bond donors (Lipinski definition) is 3. The fourth-order valence-corrected chi connectivity index (χ4v) is 2.05. The lowest BCUT2D eigenvalue weighted by molar-refractivity contribution is -0.140. The van der Waals surface area contributed by atoms with Crippen molar-refractivity contribution in [3.63, 3.8) is 0 Å². The summed E-state index contributed by atoms with van der Waals surface area (Å²) in [5, 5.41) is 5.73. The number of rotatable bonds is 6. The van der Waals surface area contributed by atoms with E-state index in [-0.39, 0.29) is 24.8 Å². The number of ether oxygens (including phenoxy) is 1. The Morgan fingerprint density at radius 3 is 2.46 bits per heavy atom. The normalized spacial score (nSPS) is 10.1. The molecular formula is C16H16ClN3O4. The first-order valence-electron chi connectivity index (χ1n) is 7.10. The van der Waals surface area contributed by atoms with E-state index in [1.807, 2.05) is 0 Å². The van der Waals surface area contributed by atoms with Crippen LogP contribution in [0.3, 0.4) is 0 Å². The molecule has 1 aromatic carbocycles. The van der Waals surface area contributed by atoms with Crippen molar-refractivity contribution in [3.05, 3.63) is 52.8 Å². The van der Waals surface area contributed by atoms with Crippen LogP contribution in [0.5, 0.6) is 0 Å². The van der Waals surface area contributed by atoms with Crippen LogP contribution in [-0.4, -0.2) is 36.4 Å². The maximum absolute atomic E-state index is 12.0. The second-order valence-electron chi connectivity index (χ2n) is 4.85. The van der Waals surface area contributed by atoms with Crippen LogP contribution >= 0.6 is 11.6 Å². The van der Waals surface area contributed by atoms with Crippen molar-refractivity contribution in [1.29, 1.82) is 0 Å². The molecule has 0 aliphatic carbocycles. The summed E-state index contributed by atoms with van der Waals surface area (Å²) in [4.78, 5) is 37.6. The zero-order valence-electron chi connectivity index (χ0n) is 12.9. The Balaban J connectivity index is 1.89. The molecule has 0 aliphatic rings. The van der Waals surface area contributed by atoms with Gasteiger partial charge in [-0.1, -0.05) is 11.6 Å². The standard InChI is InChI=1S/C16H16ClN3O4/c1-24-14(21)6-7-18-15(22)10-2-4-12(5-3-10)20-16(23)13-8-11(17)9-19-13/h2-5,8-9,19H,6-7H2,1H3,(H,18,22)(H,20,23). The molecule has 0 aliphatic heterocycles. The van der Waals surface area contributed by atoms with E-state index in [9.17, 15) is 14.4 Å². The Morgan fingerprint density at radius 2 is 1.88 bits per heavy atom. The lowest BCUT2D eigenvalue weighted by Gasteiger charge is -2.07. The number of esters is 1.